The van der Waals surface area contributed by atoms with E-state index in [2.05, 4.69) is 29.4 Å². The Bertz CT molecular complexity index is 540. The summed E-state index contributed by atoms with van der Waals surface area (Å²) in [5.74, 6) is 0.524. The van der Waals surface area contributed by atoms with Crippen molar-refractivity contribution in [2.75, 3.05) is 26.7 Å². The van der Waals surface area contributed by atoms with Gasteiger partial charge in [0.15, 0.2) is 0 Å². The minimum atomic E-state index is -0.0994. The average Bonchev–Trinajstić information content (AvgIpc) is 2.90. The summed E-state index contributed by atoms with van der Waals surface area (Å²) in [6, 6.07) is 8.35. The van der Waals surface area contributed by atoms with E-state index in [1.54, 1.807) is 7.11 Å². The average molecular weight is 362 g/mol. The highest BCUT2D eigenvalue weighted by Crippen LogP contribution is 2.17. The van der Waals surface area contributed by atoms with Gasteiger partial charge in [-0.15, -0.1) is 0 Å². The number of likely N-dealkylation sites (tertiary alicyclic amines) is 1. The van der Waals surface area contributed by atoms with Crippen LogP contribution in [0.25, 0.3) is 0 Å². The summed E-state index contributed by atoms with van der Waals surface area (Å²) in [7, 11) is 1.69. The van der Waals surface area contributed by atoms with Crippen LogP contribution in [0.15, 0.2) is 24.3 Å². The topological polar surface area (TPSA) is 53.6 Å². The maximum absolute atomic E-state index is 12.3. The third-order valence-electron chi connectivity index (χ3n) is 5.21. The van der Waals surface area contributed by atoms with Crippen LogP contribution in [0.2, 0.25) is 0 Å². The summed E-state index contributed by atoms with van der Waals surface area (Å²) in [4.78, 5) is 14.9. The van der Waals surface area contributed by atoms with E-state index in [1.807, 2.05) is 24.3 Å². The van der Waals surface area contributed by atoms with Crippen LogP contribution >= 0.6 is 0 Å². The molecule has 1 heterocycles. The Morgan fingerprint density at radius 1 is 1.08 bits per heavy atom. The largest absolute Gasteiger partial charge is 0.380 e. The van der Waals surface area contributed by atoms with E-state index in [-0.39, 0.29) is 6.03 Å². The number of hydrogen-bond donors (Lipinski definition) is 2. The van der Waals surface area contributed by atoms with E-state index in [1.165, 1.54) is 25.7 Å². The molecule has 26 heavy (non-hydrogen) atoms. The quantitative estimate of drug-likeness (QED) is 0.745. The smallest absolute Gasteiger partial charge is 0.315 e. The third-order valence-corrected chi connectivity index (χ3v) is 5.21. The number of methoxy groups -OCH3 is 1. The summed E-state index contributed by atoms with van der Waals surface area (Å²) in [6.07, 6.45) is 5.20. The Labute approximate surface area is 158 Å². The lowest BCUT2D eigenvalue weighted by Crippen LogP contribution is -2.49. The standard InChI is InChI=1S/C21H35N3O2/c1-17(2)20(24-12-8-4-5-9-13-24)15-23-21(25)22-14-18-10-6-7-11-19(18)16-26-3/h6-7,10-11,17,20H,4-5,8-9,12-16H2,1-3H3,(H2,22,23,25). The van der Waals surface area contributed by atoms with E-state index >= 15 is 0 Å². The van der Waals surface area contributed by atoms with Crippen molar-refractivity contribution in [1.82, 2.24) is 15.5 Å². The zero-order chi connectivity index (χ0) is 18.8. The first-order valence-electron chi connectivity index (χ1n) is 9.93. The first-order valence-corrected chi connectivity index (χ1v) is 9.93. The van der Waals surface area contributed by atoms with Crippen molar-refractivity contribution >= 4 is 6.03 Å². The van der Waals surface area contributed by atoms with Gasteiger partial charge >= 0.3 is 6.03 Å². The lowest BCUT2D eigenvalue weighted by molar-refractivity contribution is 0.157. The lowest BCUT2D eigenvalue weighted by Gasteiger charge is -2.33. The Kier molecular flexibility index (Phi) is 8.92. The Hall–Kier alpha value is -1.59. The molecule has 5 heteroatoms. The van der Waals surface area contributed by atoms with Crippen LogP contribution in [0, 0.1) is 5.92 Å². The lowest BCUT2D eigenvalue weighted by atomic mass is 10.0. The molecule has 1 aliphatic heterocycles. The van der Waals surface area contributed by atoms with Crippen molar-refractivity contribution in [3.05, 3.63) is 35.4 Å². The SMILES string of the molecule is COCc1ccccc1CNC(=O)NCC(C(C)C)N1CCCCCC1. The molecule has 2 rings (SSSR count). The van der Waals surface area contributed by atoms with Gasteiger partial charge in [-0.05, 0) is 43.0 Å². The molecule has 146 valence electrons. The molecular formula is C21H35N3O2. The molecule has 2 amide bonds. The fraction of sp³-hybridized carbons (Fsp3) is 0.667. The highest BCUT2D eigenvalue weighted by Gasteiger charge is 2.23. The second kappa shape index (κ2) is 11.2. The number of ether oxygens (including phenoxy) is 1. The number of rotatable bonds is 8. The summed E-state index contributed by atoms with van der Waals surface area (Å²) < 4.78 is 5.22. The van der Waals surface area contributed by atoms with Crippen LogP contribution < -0.4 is 10.6 Å². The minimum absolute atomic E-state index is 0.0994. The molecule has 5 nitrogen and oxygen atoms in total. The predicted molar refractivity (Wildman–Crippen MR) is 106 cm³/mol. The number of nitrogens with one attached hydrogen (secondary N) is 2. The molecule has 1 atom stereocenters. The van der Waals surface area contributed by atoms with Crippen molar-refractivity contribution in [2.24, 2.45) is 5.92 Å². The van der Waals surface area contributed by atoms with Gasteiger partial charge in [-0.25, -0.2) is 4.79 Å². The van der Waals surface area contributed by atoms with Crippen LogP contribution in [-0.4, -0.2) is 43.7 Å². The fourth-order valence-electron chi connectivity index (χ4n) is 3.67. The normalized spacial score (nSPS) is 16.9. The molecule has 1 aromatic carbocycles. The zero-order valence-corrected chi connectivity index (χ0v) is 16.6. The maximum Gasteiger partial charge on any atom is 0.315 e. The van der Waals surface area contributed by atoms with Crippen LogP contribution in [-0.2, 0) is 17.9 Å². The highest BCUT2D eigenvalue weighted by molar-refractivity contribution is 5.73. The van der Waals surface area contributed by atoms with Crippen molar-refractivity contribution in [3.8, 4) is 0 Å². The predicted octanol–water partition coefficient (Wildman–Crippen LogP) is 3.53. The molecule has 0 aliphatic carbocycles. The number of carbonyl (C=O) groups excluding carboxylic acids is 1. The highest BCUT2D eigenvalue weighted by atomic mass is 16.5. The molecule has 2 N–H and O–H groups in total. The van der Waals surface area contributed by atoms with Crippen molar-refractivity contribution in [2.45, 2.75) is 58.7 Å². The van der Waals surface area contributed by atoms with E-state index in [4.69, 9.17) is 4.74 Å². The van der Waals surface area contributed by atoms with Gasteiger partial charge in [0.05, 0.1) is 6.61 Å². The van der Waals surface area contributed by atoms with Crippen LogP contribution in [0.1, 0.15) is 50.7 Å². The van der Waals surface area contributed by atoms with Gasteiger partial charge in [-0.3, -0.25) is 4.90 Å². The van der Waals surface area contributed by atoms with Crippen molar-refractivity contribution < 1.29 is 9.53 Å². The van der Waals surface area contributed by atoms with E-state index in [0.29, 0.717) is 31.7 Å². The Morgan fingerprint density at radius 2 is 1.73 bits per heavy atom. The molecule has 0 radical (unpaired) electrons. The summed E-state index contributed by atoms with van der Waals surface area (Å²) in [6.45, 7) is 8.56. The van der Waals surface area contributed by atoms with Gasteiger partial charge in [0, 0.05) is 26.2 Å². The van der Waals surface area contributed by atoms with Gasteiger partial charge in [0.25, 0.3) is 0 Å². The molecule has 1 aliphatic rings. The van der Waals surface area contributed by atoms with Crippen LogP contribution in [0.3, 0.4) is 0 Å². The number of carbonyl (C=O) groups is 1. The first-order chi connectivity index (χ1) is 12.6. The third kappa shape index (κ3) is 6.61. The van der Waals surface area contributed by atoms with Gasteiger partial charge in [0.2, 0.25) is 0 Å². The molecule has 1 unspecified atom stereocenters. The van der Waals surface area contributed by atoms with Crippen LogP contribution in [0.4, 0.5) is 4.79 Å². The number of hydrogen-bond acceptors (Lipinski definition) is 3. The molecule has 1 aromatic rings. The van der Waals surface area contributed by atoms with E-state index in [9.17, 15) is 4.79 Å². The van der Waals surface area contributed by atoms with E-state index in [0.717, 1.165) is 24.2 Å². The minimum Gasteiger partial charge on any atom is -0.380 e. The van der Waals surface area contributed by atoms with Crippen LogP contribution in [0.5, 0.6) is 0 Å². The summed E-state index contributed by atoms with van der Waals surface area (Å²) >= 11 is 0. The second-order valence-electron chi connectivity index (χ2n) is 7.53. The van der Waals surface area contributed by atoms with Gasteiger partial charge < -0.3 is 15.4 Å². The maximum atomic E-state index is 12.3. The van der Waals surface area contributed by atoms with Gasteiger partial charge in [-0.1, -0.05) is 51.0 Å². The summed E-state index contributed by atoms with van der Waals surface area (Å²) in [5, 5.41) is 6.06. The molecular weight excluding hydrogens is 326 g/mol. The fourth-order valence-corrected chi connectivity index (χ4v) is 3.67. The first kappa shape index (κ1) is 20.7. The second-order valence-corrected chi connectivity index (χ2v) is 7.53. The summed E-state index contributed by atoms with van der Waals surface area (Å²) in [5.41, 5.74) is 2.21. The number of urea groups is 1. The Balaban J connectivity index is 1.82. The van der Waals surface area contributed by atoms with E-state index < -0.39 is 0 Å². The molecule has 0 saturated carbocycles. The van der Waals surface area contributed by atoms with Crippen molar-refractivity contribution in [3.63, 3.8) is 0 Å². The number of amides is 2. The number of nitrogens with zero attached hydrogens (tertiary/aromatic N) is 1. The van der Waals surface area contributed by atoms with Gasteiger partial charge in [-0.2, -0.15) is 0 Å². The Morgan fingerprint density at radius 3 is 2.35 bits per heavy atom. The zero-order valence-electron chi connectivity index (χ0n) is 16.6. The number of benzene rings is 1. The molecule has 1 fully saturated rings. The molecule has 0 aromatic heterocycles. The molecule has 0 spiro atoms. The monoisotopic (exact) mass is 361 g/mol. The molecule has 1 saturated heterocycles. The molecule has 0 bridgehead atoms. The van der Waals surface area contributed by atoms with Crippen molar-refractivity contribution in [1.29, 1.82) is 0 Å². The van der Waals surface area contributed by atoms with Gasteiger partial charge in [0.1, 0.15) is 0 Å².